The topological polar surface area (TPSA) is 35.8 Å². The van der Waals surface area contributed by atoms with E-state index >= 15 is 0 Å². The van der Waals surface area contributed by atoms with Crippen LogP contribution in [0, 0.1) is 5.82 Å². The third kappa shape index (κ3) is 1.45. The Balaban J connectivity index is 2.61. The number of rotatable bonds is 0. The van der Waals surface area contributed by atoms with Gasteiger partial charge in [-0.15, -0.1) is 0 Å². The molecule has 3 nitrogen and oxygen atoms in total. The Morgan fingerprint density at radius 3 is 3.08 bits per heavy atom. The van der Waals surface area contributed by atoms with Crippen LogP contribution in [0.15, 0.2) is 21.6 Å². The molecule has 0 spiro atoms. The van der Waals surface area contributed by atoms with E-state index in [2.05, 4.69) is 20.9 Å². The first-order valence-corrected chi connectivity index (χ1v) is 4.44. The number of hydrogen-bond acceptors (Lipinski definition) is 3. The van der Waals surface area contributed by atoms with Crippen LogP contribution in [0.3, 0.4) is 0 Å². The van der Waals surface area contributed by atoms with Crippen LogP contribution >= 0.6 is 15.9 Å². The van der Waals surface area contributed by atoms with Crippen LogP contribution in [-0.4, -0.2) is 11.5 Å². The second-order valence-electron chi connectivity index (χ2n) is 2.70. The quantitative estimate of drug-likeness (QED) is 0.761. The van der Waals surface area contributed by atoms with E-state index in [0.717, 1.165) is 5.06 Å². The summed E-state index contributed by atoms with van der Waals surface area (Å²) in [6.07, 6.45) is 1.30. The lowest BCUT2D eigenvalue weighted by Gasteiger charge is -2.20. The summed E-state index contributed by atoms with van der Waals surface area (Å²) >= 11 is 3.17. The van der Waals surface area contributed by atoms with Gasteiger partial charge in [0.25, 0.3) is 0 Å². The average Bonchev–Trinajstić information content (AvgIpc) is 2.02. The zero-order chi connectivity index (χ0) is 9.42. The highest BCUT2D eigenvalue weighted by Crippen LogP contribution is 2.32. The second-order valence-corrected chi connectivity index (χ2v) is 3.55. The Bertz CT molecular complexity index is 381. The molecule has 0 saturated heterocycles. The van der Waals surface area contributed by atoms with Gasteiger partial charge in [-0.2, -0.15) is 0 Å². The van der Waals surface area contributed by atoms with Gasteiger partial charge in [-0.05, 0) is 28.1 Å². The first-order valence-electron chi connectivity index (χ1n) is 3.64. The fraction of sp³-hybridized carbons (Fsp3) is 0.125. The molecule has 1 aromatic carbocycles. The van der Waals surface area contributed by atoms with Crippen LogP contribution in [0.1, 0.15) is 5.56 Å². The lowest BCUT2D eigenvalue weighted by atomic mass is 10.1. The molecule has 0 bridgehead atoms. The molecular weight excluding hydrogens is 239 g/mol. The summed E-state index contributed by atoms with van der Waals surface area (Å²) in [5.74, 6) is -0.337. The molecule has 0 fully saturated rings. The number of hydrogen-bond donors (Lipinski definition) is 1. The molecule has 0 saturated carbocycles. The fourth-order valence-electron chi connectivity index (χ4n) is 1.27. The van der Waals surface area contributed by atoms with Crippen LogP contribution in [0.2, 0.25) is 0 Å². The average molecular weight is 245 g/mol. The molecule has 2 rings (SSSR count). The minimum absolute atomic E-state index is 0.337. The zero-order valence-corrected chi connectivity index (χ0v) is 8.12. The zero-order valence-electron chi connectivity index (χ0n) is 6.54. The van der Waals surface area contributed by atoms with Crippen LogP contribution in [0.4, 0.5) is 10.1 Å². The summed E-state index contributed by atoms with van der Waals surface area (Å²) < 4.78 is 13.4. The number of nitrogens with zero attached hydrogens (tertiary/aromatic N) is 2. The van der Waals surface area contributed by atoms with Crippen molar-refractivity contribution in [3.8, 4) is 0 Å². The summed E-state index contributed by atoms with van der Waals surface area (Å²) in [6, 6.07) is 2.67. The molecular formula is C8H6BrFN2O. The lowest BCUT2D eigenvalue weighted by Crippen LogP contribution is -2.21. The normalized spacial score (nSPS) is 14.5. The van der Waals surface area contributed by atoms with E-state index in [1.54, 1.807) is 0 Å². The minimum Gasteiger partial charge on any atom is -0.283 e. The Morgan fingerprint density at radius 2 is 2.31 bits per heavy atom. The molecule has 0 atom stereocenters. The predicted molar refractivity (Wildman–Crippen MR) is 50.6 cm³/mol. The van der Waals surface area contributed by atoms with Crippen LogP contribution in [0.25, 0.3) is 0 Å². The fourth-order valence-corrected chi connectivity index (χ4v) is 1.93. The Labute approximate surface area is 82.6 Å². The summed E-state index contributed by atoms with van der Waals surface area (Å²) in [5, 5.41) is 10.2. The number of fused-ring (bicyclic) bond motifs is 1. The molecule has 0 aromatic heterocycles. The van der Waals surface area contributed by atoms with Gasteiger partial charge >= 0.3 is 0 Å². The SMILES string of the molecule is ON1C=NCc2cc(F)cc(Br)c21. The van der Waals surface area contributed by atoms with Crippen LogP contribution < -0.4 is 5.06 Å². The van der Waals surface area contributed by atoms with Gasteiger partial charge in [0, 0.05) is 10.0 Å². The maximum absolute atomic E-state index is 12.9. The standard InChI is InChI=1S/C8H6BrFN2O/c9-7-2-6(10)1-5-3-11-4-12(13)8(5)7/h1-2,4,13H,3H2. The molecule has 1 aromatic rings. The van der Waals surface area contributed by atoms with Crippen molar-refractivity contribution >= 4 is 28.0 Å². The van der Waals surface area contributed by atoms with Crippen molar-refractivity contribution in [1.82, 2.24) is 0 Å². The highest BCUT2D eigenvalue weighted by atomic mass is 79.9. The van der Waals surface area contributed by atoms with Crippen LogP contribution in [-0.2, 0) is 6.54 Å². The van der Waals surface area contributed by atoms with Crippen molar-refractivity contribution < 1.29 is 9.60 Å². The highest BCUT2D eigenvalue weighted by Gasteiger charge is 2.16. The van der Waals surface area contributed by atoms with Gasteiger partial charge in [0.15, 0.2) is 0 Å². The molecule has 0 radical (unpaired) electrons. The van der Waals surface area contributed by atoms with Gasteiger partial charge in [0.2, 0.25) is 0 Å². The first-order chi connectivity index (χ1) is 6.18. The monoisotopic (exact) mass is 244 g/mol. The Hall–Kier alpha value is -0.940. The van der Waals surface area contributed by atoms with E-state index < -0.39 is 0 Å². The van der Waals surface area contributed by atoms with Gasteiger partial charge in [0.1, 0.15) is 12.2 Å². The van der Waals surface area contributed by atoms with Gasteiger partial charge in [-0.1, -0.05) is 0 Å². The smallest absolute Gasteiger partial charge is 0.124 e. The van der Waals surface area contributed by atoms with E-state index in [4.69, 9.17) is 0 Å². The highest BCUT2D eigenvalue weighted by molar-refractivity contribution is 9.10. The Morgan fingerprint density at radius 1 is 1.54 bits per heavy atom. The van der Waals surface area contributed by atoms with Gasteiger partial charge in [-0.3, -0.25) is 10.2 Å². The lowest BCUT2D eigenvalue weighted by molar-refractivity contribution is 0.313. The molecule has 5 heteroatoms. The minimum atomic E-state index is -0.337. The van der Waals surface area contributed by atoms with E-state index in [1.165, 1.54) is 18.5 Å². The summed E-state index contributed by atoms with van der Waals surface area (Å²) in [7, 11) is 0. The molecule has 1 aliphatic heterocycles. The number of hydroxylamine groups is 1. The van der Waals surface area contributed by atoms with Crippen molar-refractivity contribution in [2.75, 3.05) is 5.06 Å². The largest absolute Gasteiger partial charge is 0.283 e. The van der Waals surface area contributed by atoms with Gasteiger partial charge < -0.3 is 0 Å². The summed E-state index contributed by atoms with van der Waals surface area (Å²) in [5.41, 5.74) is 1.22. The third-order valence-electron chi connectivity index (χ3n) is 1.79. The maximum Gasteiger partial charge on any atom is 0.124 e. The third-order valence-corrected chi connectivity index (χ3v) is 2.39. The molecule has 1 aliphatic rings. The molecule has 13 heavy (non-hydrogen) atoms. The first kappa shape index (κ1) is 8.65. The second kappa shape index (κ2) is 3.08. The molecule has 1 heterocycles. The molecule has 0 aliphatic carbocycles. The molecule has 68 valence electrons. The van der Waals surface area contributed by atoms with Crippen molar-refractivity contribution in [3.63, 3.8) is 0 Å². The van der Waals surface area contributed by atoms with Crippen molar-refractivity contribution in [1.29, 1.82) is 0 Å². The van der Waals surface area contributed by atoms with E-state index in [1.807, 2.05) is 0 Å². The van der Waals surface area contributed by atoms with Crippen LogP contribution in [0.5, 0.6) is 0 Å². The summed E-state index contributed by atoms with van der Waals surface area (Å²) in [6.45, 7) is 0.392. The number of halogens is 2. The van der Waals surface area contributed by atoms with E-state index in [9.17, 15) is 9.60 Å². The number of benzene rings is 1. The molecule has 1 N–H and O–H groups in total. The number of aliphatic imine (C=N–C) groups is 1. The van der Waals surface area contributed by atoms with Gasteiger partial charge in [0.05, 0.1) is 12.2 Å². The van der Waals surface area contributed by atoms with Gasteiger partial charge in [-0.25, -0.2) is 9.45 Å². The van der Waals surface area contributed by atoms with Crippen molar-refractivity contribution in [2.45, 2.75) is 6.54 Å². The predicted octanol–water partition coefficient (Wildman–Crippen LogP) is 2.33. The molecule has 0 unspecified atom stereocenters. The van der Waals surface area contributed by atoms with E-state index in [0.29, 0.717) is 22.3 Å². The summed E-state index contributed by atoms with van der Waals surface area (Å²) in [4.78, 5) is 3.85. The Kier molecular flexibility index (Phi) is 2.05. The van der Waals surface area contributed by atoms with E-state index in [-0.39, 0.29) is 5.82 Å². The molecule has 0 amide bonds. The maximum atomic E-state index is 12.9. The van der Waals surface area contributed by atoms with Crippen molar-refractivity contribution in [3.05, 3.63) is 28.0 Å². The number of anilines is 1. The van der Waals surface area contributed by atoms with Crippen molar-refractivity contribution in [2.24, 2.45) is 4.99 Å².